The third-order valence-electron chi connectivity index (χ3n) is 3.40. The molecule has 1 aromatic heterocycles. The fraction of sp³-hybridized carbons (Fsp3) is 0.538. The van der Waals surface area contributed by atoms with E-state index in [1.54, 1.807) is 30.3 Å². The SMILES string of the molecule is CN(C(=O)C1CCCCC1)c1ccc(N)cn1. The third kappa shape index (κ3) is 2.75. The second-order valence-electron chi connectivity index (χ2n) is 4.68. The number of amides is 1. The second-order valence-corrected chi connectivity index (χ2v) is 4.68. The van der Waals surface area contributed by atoms with E-state index < -0.39 is 0 Å². The Balaban J connectivity index is 2.05. The standard InChI is InChI=1S/C13H19N3O/c1-16(12-8-7-11(14)9-15-12)13(17)10-5-3-2-4-6-10/h7-10H,2-6,14H2,1H3. The van der Waals surface area contributed by atoms with Crippen LogP contribution in [-0.2, 0) is 4.79 Å². The number of anilines is 2. The largest absolute Gasteiger partial charge is 0.397 e. The van der Waals surface area contributed by atoms with Crippen LogP contribution in [0.2, 0.25) is 0 Å². The lowest BCUT2D eigenvalue weighted by atomic mass is 9.88. The van der Waals surface area contributed by atoms with Crippen LogP contribution in [0.4, 0.5) is 11.5 Å². The molecule has 2 N–H and O–H groups in total. The van der Waals surface area contributed by atoms with Crippen LogP contribution in [0.3, 0.4) is 0 Å². The summed E-state index contributed by atoms with van der Waals surface area (Å²) in [6.45, 7) is 0. The Morgan fingerprint density at radius 2 is 2.06 bits per heavy atom. The first-order valence-corrected chi connectivity index (χ1v) is 6.17. The molecule has 4 heteroatoms. The van der Waals surface area contributed by atoms with Gasteiger partial charge in [0.05, 0.1) is 11.9 Å². The van der Waals surface area contributed by atoms with Crippen LogP contribution in [0.5, 0.6) is 0 Å². The van der Waals surface area contributed by atoms with Crippen LogP contribution in [-0.4, -0.2) is 17.9 Å². The third-order valence-corrected chi connectivity index (χ3v) is 3.40. The van der Waals surface area contributed by atoms with Crippen molar-refractivity contribution < 1.29 is 4.79 Å². The van der Waals surface area contributed by atoms with E-state index in [-0.39, 0.29) is 11.8 Å². The van der Waals surface area contributed by atoms with Crippen LogP contribution in [0.1, 0.15) is 32.1 Å². The molecule has 1 aromatic rings. The summed E-state index contributed by atoms with van der Waals surface area (Å²) in [5.41, 5.74) is 6.20. The predicted molar refractivity (Wildman–Crippen MR) is 68.6 cm³/mol. The van der Waals surface area contributed by atoms with Gasteiger partial charge in [-0.25, -0.2) is 4.98 Å². The number of pyridine rings is 1. The number of rotatable bonds is 2. The Labute approximate surface area is 102 Å². The highest BCUT2D eigenvalue weighted by molar-refractivity contribution is 5.93. The molecule has 92 valence electrons. The molecule has 1 saturated carbocycles. The second kappa shape index (κ2) is 5.17. The summed E-state index contributed by atoms with van der Waals surface area (Å²) in [5.74, 6) is 1.03. The van der Waals surface area contributed by atoms with Crippen molar-refractivity contribution in [2.45, 2.75) is 32.1 Å². The van der Waals surface area contributed by atoms with Gasteiger partial charge in [0.25, 0.3) is 0 Å². The van der Waals surface area contributed by atoms with Crippen molar-refractivity contribution in [3.63, 3.8) is 0 Å². The Morgan fingerprint density at radius 1 is 1.35 bits per heavy atom. The van der Waals surface area contributed by atoms with Crippen LogP contribution in [0.25, 0.3) is 0 Å². The maximum atomic E-state index is 12.2. The molecule has 1 fully saturated rings. The van der Waals surface area contributed by atoms with Gasteiger partial charge in [0.1, 0.15) is 5.82 Å². The lowest BCUT2D eigenvalue weighted by molar-refractivity contribution is -0.123. The predicted octanol–water partition coefficient (Wildman–Crippen LogP) is 2.21. The molecule has 0 spiro atoms. The first-order chi connectivity index (χ1) is 8.18. The van der Waals surface area contributed by atoms with Crippen molar-refractivity contribution in [3.05, 3.63) is 18.3 Å². The van der Waals surface area contributed by atoms with Crippen molar-refractivity contribution in [1.82, 2.24) is 4.98 Å². The minimum atomic E-state index is 0.174. The normalized spacial score (nSPS) is 16.8. The van der Waals surface area contributed by atoms with Crippen molar-refractivity contribution in [2.75, 3.05) is 17.7 Å². The lowest BCUT2D eigenvalue weighted by Crippen LogP contribution is -2.34. The maximum Gasteiger partial charge on any atom is 0.230 e. The molecule has 0 atom stereocenters. The molecule has 0 saturated heterocycles. The average Bonchev–Trinajstić information content (AvgIpc) is 2.39. The zero-order valence-corrected chi connectivity index (χ0v) is 10.2. The quantitative estimate of drug-likeness (QED) is 0.852. The molecule has 0 unspecified atom stereocenters. The van der Waals surface area contributed by atoms with Crippen molar-refractivity contribution in [3.8, 4) is 0 Å². The minimum Gasteiger partial charge on any atom is -0.397 e. The number of nitrogen functional groups attached to an aromatic ring is 1. The zero-order chi connectivity index (χ0) is 12.3. The Kier molecular flexibility index (Phi) is 3.61. The van der Waals surface area contributed by atoms with Gasteiger partial charge in [-0.15, -0.1) is 0 Å². The fourth-order valence-corrected chi connectivity index (χ4v) is 2.33. The topological polar surface area (TPSA) is 59.2 Å². The highest BCUT2D eigenvalue weighted by Gasteiger charge is 2.25. The average molecular weight is 233 g/mol. The molecular formula is C13H19N3O. The minimum absolute atomic E-state index is 0.174. The summed E-state index contributed by atoms with van der Waals surface area (Å²) in [6, 6.07) is 3.56. The first-order valence-electron chi connectivity index (χ1n) is 6.17. The van der Waals surface area contributed by atoms with Crippen molar-refractivity contribution in [2.24, 2.45) is 5.92 Å². The van der Waals surface area contributed by atoms with Gasteiger partial charge in [0, 0.05) is 13.0 Å². The molecule has 0 aliphatic heterocycles. The van der Waals surface area contributed by atoms with Gasteiger partial charge in [0.15, 0.2) is 0 Å². The van der Waals surface area contributed by atoms with Crippen LogP contribution >= 0.6 is 0 Å². The van der Waals surface area contributed by atoms with E-state index in [0.717, 1.165) is 12.8 Å². The molecule has 1 aliphatic rings. The zero-order valence-electron chi connectivity index (χ0n) is 10.2. The highest BCUT2D eigenvalue weighted by Crippen LogP contribution is 2.26. The molecule has 0 aromatic carbocycles. The summed E-state index contributed by atoms with van der Waals surface area (Å²) >= 11 is 0. The van der Waals surface area contributed by atoms with E-state index in [1.165, 1.54) is 19.3 Å². The number of nitrogens with two attached hydrogens (primary N) is 1. The van der Waals surface area contributed by atoms with Crippen LogP contribution < -0.4 is 10.6 Å². The molecule has 2 rings (SSSR count). The van der Waals surface area contributed by atoms with E-state index in [0.29, 0.717) is 11.5 Å². The Hall–Kier alpha value is -1.58. The summed E-state index contributed by atoms with van der Waals surface area (Å²) < 4.78 is 0. The van der Waals surface area contributed by atoms with Gasteiger partial charge < -0.3 is 5.73 Å². The van der Waals surface area contributed by atoms with Gasteiger partial charge in [-0.2, -0.15) is 0 Å². The summed E-state index contributed by atoms with van der Waals surface area (Å²) in [7, 11) is 1.79. The van der Waals surface area contributed by atoms with Gasteiger partial charge >= 0.3 is 0 Å². The molecule has 0 bridgehead atoms. The number of aromatic nitrogens is 1. The van der Waals surface area contributed by atoms with Crippen molar-refractivity contribution >= 4 is 17.4 Å². The molecule has 1 heterocycles. The van der Waals surface area contributed by atoms with E-state index >= 15 is 0 Å². The fourth-order valence-electron chi connectivity index (χ4n) is 2.33. The number of hydrogen-bond donors (Lipinski definition) is 1. The number of nitrogens with zero attached hydrogens (tertiary/aromatic N) is 2. The maximum absolute atomic E-state index is 12.2. The monoisotopic (exact) mass is 233 g/mol. The molecular weight excluding hydrogens is 214 g/mol. The lowest BCUT2D eigenvalue weighted by Gasteiger charge is -2.25. The van der Waals surface area contributed by atoms with Gasteiger partial charge in [-0.1, -0.05) is 19.3 Å². The van der Waals surface area contributed by atoms with Crippen LogP contribution in [0.15, 0.2) is 18.3 Å². The van der Waals surface area contributed by atoms with Gasteiger partial charge in [0.2, 0.25) is 5.91 Å². The molecule has 4 nitrogen and oxygen atoms in total. The molecule has 1 amide bonds. The van der Waals surface area contributed by atoms with Crippen molar-refractivity contribution in [1.29, 1.82) is 0 Å². The highest BCUT2D eigenvalue weighted by atomic mass is 16.2. The van der Waals surface area contributed by atoms with E-state index in [4.69, 9.17) is 5.73 Å². The van der Waals surface area contributed by atoms with E-state index in [1.807, 2.05) is 0 Å². The molecule has 0 radical (unpaired) electrons. The van der Waals surface area contributed by atoms with Gasteiger partial charge in [-0.05, 0) is 25.0 Å². The summed E-state index contributed by atoms with van der Waals surface area (Å²) in [6.07, 6.45) is 7.20. The number of hydrogen-bond acceptors (Lipinski definition) is 3. The molecule has 17 heavy (non-hydrogen) atoms. The smallest absolute Gasteiger partial charge is 0.230 e. The number of carbonyl (C=O) groups excluding carboxylic acids is 1. The van der Waals surface area contributed by atoms with E-state index in [2.05, 4.69) is 4.98 Å². The van der Waals surface area contributed by atoms with E-state index in [9.17, 15) is 4.79 Å². The summed E-state index contributed by atoms with van der Waals surface area (Å²) in [5, 5.41) is 0. The molecule has 1 aliphatic carbocycles. The Bertz CT molecular complexity index is 382. The summed E-state index contributed by atoms with van der Waals surface area (Å²) in [4.78, 5) is 18.1. The first kappa shape index (κ1) is 11.9. The number of carbonyl (C=O) groups is 1. The van der Waals surface area contributed by atoms with Gasteiger partial charge in [-0.3, -0.25) is 9.69 Å². The Morgan fingerprint density at radius 3 is 2.65 bits per heavy atom. The van der Waals surface area contributed by atoms with Crippen LogP contribution in [0, 0.1) is 5.92 Å².